The van der Waals surface area contributed by atoms with Crippen LogP contribution in [0, 0.1) is 10.1 Å². The standard InChI is InChI=1S/C8H7NO4/c10-8(11)5-6-1-3-7(4-2-6)9(12)13/h1-4H,5H2,(H,10,11)/i8+1. The third-order valence-electron chi connectivity index (χ3n) is 1.50. The Morgan fingerprint density at radius 3 is 2.31 bits per heavy atom. The minimum Gasteiger partial charge on any atom is -0.481 e. The first-order chi connectivity index (χ1) is 6.09. The smallest absolute Gasteiger partial charge is 0.307 e. The summed E-state index contributed by atoms with van der Waals surface area (Å²) in [6.45, 7) is 0. The summed E-state index contributed by atoms with van der Waals surface area (Å²) in [5.74, 6) is -0.950. The lowest BCUT2D eigenvalue weighted by Gasteiger charge is -1.95. The van der Waals surface area contributed by atoms with E-state index in [4.69, 9.17) is 5.11 Å². The molecule has 0 aliphatic rings. The summed E-state index contributed by atoms with van der Waals surface area (Å²) >= 11 is 0. The van der Waals surface area contributed by atoms with Gasteiger partial charge in [0.1, 0.15) is 0 Å². The fraction of sp³-hybridized carbons (Fsp3) is 0.125. The summed E-state index contributed by atoms with van der Waals surface area (Å²) in [7, 11) is 0. The lowest BCUT2D eigenvalue weighted by Crippen LogP contribution is -1.99. The molecule has 5 heteroatoms. The van der Waals surface area contributed by atoms with E-state index in [0.717, 1.165) is 0 Å². The van der Waals surface area contributed by atoms with Gasteiger partial charge < -0.3 is 5.11 Å². The number of hydrogen-bond acceptors (Lipinski definition) is 3. The van der Waals surface area contributed by atoms with Gasteiger partial charge in [0.15, 0.2) is 0 Å². The van der Waals surface area contributed by atoms with Crippen LogP contribution in [-0.2, 0) is 11.2 Å². The molecule has 0 unspecified atom stereocenters. The van der Waals surface area contributed by atoms with E-state index < -0.39 is 10.9 Å². The van der Waals surface area contributed by atoms with Crippen molar-refractivity contribution in [1.82, 2.24) is 0 Å². The van der Waals surface area contributed by atoms with Gasteiger partial charge in [0.2, 0.25) is 0 Å². The number of benzene rings is 1. The van der Waals surface area contributed by atoms with Crippen molar-refractivity contribution in [2.75, 3.05) is 0 Å². The number of nitro benzene ring substituents is 1. The Kier molecular flexibility index (Phi) is 2.59. The molecular weight excluding hydrogens is 175 g/mol. The second-order valence-electron chi connectivity index (χ2n) is 2.49. The van der Waals surface area contributed by atoms with Crippen molar-refractivity contribution in [2.24, 2.45) is 0 Å². The van der Waals surface area contributed by atoms with E-state index in [1.54, 1.807) is 0 Å². The molecule has 0 amide bonds. The average Bonchev–Trinajstić information content (AvgIpc) is 2.04. The third kappa shape index (κ3) is 2.55. The fourth-order valence-corrected chi connectivity index (χ4v) is 0.910. The van der Waals surface area contributed by atoms with Crippen LogP contribution in [0.15, 0.2) is 24.3 Å². The molecule has 0 aliphatic heterocycles. The Morgan fingerprint density at radius 1 is 1.38 bits per heavy atom. The molecule has 0 spiro atoms. The highest BCUT2D eigenvalue weighted by Gasteiger charge is 2.05. The first-order valence-corrected chi connectivity index (χ1v) is 3.54. The zero-order valence-electron chi connectivity index (χ0n) is 6.64. The highest BCUT2D eigenvalue weighted by molar-refractivity contribution is 5.70. The average molecular weight is 182 g/mol. The molecule has 1 N–H and O–H groups in total. The SMILES string of the molecule is O=[13C](O)Cc1ccc([N+](=O)[O-])cc1. The molecule has 1 aromatic carbocycles. The molecule has 1 aromatic rings. The highest BCUT2D eigenvalue weighted by Crippen LogP contribution is 2.11. The van der Waals surface area contributed by atoms with E-state index in [1.807, 2.05) is 0 Å². The van der Waals surface area contributed by atoms with Gasteiger partial charge in [0.25, 0.3) is 5.69 Å². The van der Waals surface area contributed by atoms with Crippen molar-refractivity contribution in [1.29, 1.82) is 0 Å². The maximum Gasteiger partial charge on any atom is 0.307 e. The van der Waals surface area contributed by atoms with Gasteiger partial charge in [-0.05, 0) is 5.56 Å². The monoisotopic (exact) mass is 182 g/mol. The number of aliphatic carboxylic acids is 1. The molecule has 0 saturated carbocycles. The molecule has 0 aliphatic carbocycles. The normalized spacial score (nSPS) is 9.54. The molecule has 0 aromatic heterocycles. The number of hydrogen-bond donors (Lipinski definition) is 1. The van der Waals surface area contributed by atoms with Crippen molar-refractivity contribution in [3.63, 3.8) is 0 Å². The molecule has 1 rings (SSSR count). The number of non-ortho nitro benzene ring substituents is 1. The maximum atomic E-state index is 10.3. The lowest BCUT2D eigenvalue weighted by molar-refractivity contribution is -0.384. The molecule has 0 saturated heterocycles. The molecule has 0 bridgehead atoms. The maximum absolute atomic E-state index is 10.3. The Bertz CT molecular complexity index is 331. The minimum absolute atomic E-state index is 0.0332. The van der Waals surface area contributed by atoms with Crippen LogP contribution in [0.1, 0.15) is 5.56 Å². The summed E-state index contributed by atoms with van der Waals surface area (Å²) in [5, 5.41) is 18.6. The van der Waals surface area contributed by atoms with Gasteiger partial charge in [-0.1, -0.05) is 12.1 Å². The van der Waals surface area contributed by atoms with Gasteiger partial charge in [-0.2, -0.15) is 0 Å². The largest absolute Gasteiger partial charge is 0.481 e. The summed E-state index contributed by atoms with van der Waals surface area (Å²) in [6, 6.07) is 5.45. The minimum atomic E-state index is -0.950. The number of carboxylic acids is 1. The topological polar surface area (TPSA) is 80.4 Å². The first kappa shape index (κ1) is 9.18. The predicted octanol–water partition coefficient (Wildman–Crippen LogP) is 1.22. The van der Waals surface area contributed by atoms with E-state index >= 15 is 0 Å². The van der Waals surface area contributed by atoms with Crippen LogP contribution in [0.5, 0.6) is 0 Å². The third-order valence-corrected chi connectivity index (χ3v) is 1.50. The quantitative estimate of drug-likeness (QED) is 0.433. The van der Waals surface area contributed by atoms with Crippen molar-refractivity contribution >= 4 is 11.7 Å². The number of carboxylic acid groups (broad SMARTS) is 1. The second kappa shape index (κ2) is 3.66. The molecule has 5 nitrogen and oxygen atoms in total. The van der Waals surface area contributed by atoms with Crippen molar-refractivity contribution in [3.8, 4) is 0 Å². The van der Waals surface area contributed by atoms with Crippen LogP contribution in [0.4, 0.5) is 5.69 Å². The number of rotatable bonds is 3. The van der Waals surface area contributed by atoms with Gasteiger partial charge in [-0.3, -0.25) is 14.9 Å². The summed E-state index contributed by atoms with van der Waals surface area (Å²) in [5.41, 5.74) is 0.521. The highest BCUT2D eigenvalue weighted by atomic mass is 16.6. The van der Waals surface area contributed by atoms with Crippen molar-refractivity contribution in [3.05, 3.63) is 39.9 Å². The number of nitrogens with zero attached hydrogens (tertiary/aromatic N) is 1. The predicted molar refractivity (Wildman–Crippen MR) is 44.4 cm³/mol. The molecule has 13 heavy (non-hydrogen) atoms. The van der Waals surface area contributed by atoms with Crippen LogP contribution in [0.25, 0.3) is 0 Å². The molecule has 0 heterocycles. The molecule has 0 fully saturated rings. The Hall–Kier alpha value is -1.91. The zero-order chi connectivity index (χ0) is 9.84. The van der Waals surface area contributed by atoms with Gasteiger partial charge in [-0.15, -0.1) is 0 Å². The molecular formula is C8H7NO4. The van der Waals surface area contributed by atoms with Crippen molar-refractivity contribution in [2.45, 2.75) is 6.42 Å². The van der Waals surface area contributed by atoms with Crippen molar-refractivity contribution < 1.29 is 14.8 Å². The first-order valence-electron chi connectivity index (χ1n) is 3.54. The molecule has 68 valence electrons. The summed E-state index contributed by atoms with van der Waals surface area (Å²) < 4.78 is 0. The van der Waals surface area contributed by atoms with Gasteiger partial charge >= 0.3 is 5.97 Å². The molecule has 0 atom stereocenters. The number of nitro groups is 1. The van der Waals surface area contributed by atoms with Gasteiger partial charge in [0.05, 0.1) is 11.3 Å². The van der Waals surface area contributed by atoms with Crippen LogP contribution in [0.3, 0.4) is 0 Å². The summed E-state index contributed by atoms with van der Waals surface area (Å²) in [6.07, 6.45) is -0.113. The van der Waals surface area contributed by atoms with Crippen LogP contribution >= 0.6 is 0 Å². The second-order valence-corrected chi connectivity index (χ2v) is 2.49. The van der Waals surface area contributed by atoms with E-state index in [9.17, 15) is 14.9 Å². The van der Waals surface area contributed by atoms with E-state index in [0.29, 0.717) is 5.56 Å². The fourth-order valence-electron chi connectivity index (χ4n) is 0.910. The Balaban J connectivity index is 2.81. The summed E-state index contributed by atoms with van der Waals surface area (Å²) in [4.78, 5) is 20.0. The Labute approximate surface area is 73.8 Å². The lowest BCUT2D eigenvalue weighted by atomic mass is 10.2. The zero-order valence-corrected chi connectivity index (χ0v) is 6.64. The van der Waals surface area contributed by atoms with Crippen LogP contribution < -0.4 is 0 Å². The van der Waals surface area contributed by atoms with E-state index in [1.165, 1.54) is 24.3 Å². The van der Waals surface area contributed by atoms with E-state index in [-0.39, 0.29) is 12.1 Å². The number of carbonyl (C=O) groups is 1. The van der Waals surface area contributed by atoms with Crippen LogP contribution in [-0.4, -0.2) is 16.0 Å². The van der Waals surface area contributed by atoms with Crippen LogP contribution in [0.2, 0.25) is 0 Å². The van der Waals surface area contributed by atoms with E-state index in [2.05, 4.69) is 0 Å². The van der Waals surface area contributed by atoms with Gasteiger partial charge in [0, 0.05) is 12.1 Å². The molecule has 0 radical (unpaired) electrons. The Morgan fingerprint density at radius 2 is 1.92 bits per heavy atom. The van der Waals surface area contributed by atoms with Gasteiger partial charge in [-0.25, -0.2) is 0 Å².